The van der Waals surface area contributed by atoms with Crippen molar-refractivity contribution in [1.29, 1.82) is 0 Å². The van der Waals surface area contributed by atoms with E-state index in [2.05, 4.69) is 26.2 Å². The van der Waals surface area contributed by atoms with Crippen LogP contribution in [0, 0.1) is 5.92 Å². The number of amides is 2. The third-order valence-electron chi connectivity index (χ3n) is 5.66. The molecule has 2 unspecified atom stereocenters. The fourth-order valence-electron chi connectivity index (χ4n) is 3.43. The van der Waals surface area contributed by atoms with E-state index in [1.165, 1.54) is 0 Å². The highest BCUT2D eigenvalue weighted by molar-refractivity contribution is 6.30. The number of benzene rings is 2. The fraction of sp³-hybridized carbons (Fsp3) is 0.348. The van der Waals surface area contributed by atoms with Gasteiger partial charge in [0.05, 0.1) is 6.04 Å². The van der Waals surface area contributed by atoms with Gasteiger partial charge < -0.3 is 10.6 Å². The predicted molar refractivity (Wildman–Crippen MR) is 122 cm³/mol. The van der Waals surface area contributed by atoms with Crippen molar-refractivity contribution < 1.29 is 9.59 Å². The minimum Gasteiger partial charge on any atom is -0.340 e. The molecule has 8 nitrogen and oxygen atoms in total. The summed E-state index contributed by atoms with van der Waals surface area (Å²) in [5.41, 5.74) is 1.89. The molecule has 1 aliphatic carbocycles. The average Bonchev–Trinajstić information content (AvgIpc) is 3.53. The summed E-state index contributed by atoms with van der Waals surface area (Å²) in [5, 5.41) is 18.4. The molecule has 9 heteroatoms. The van der Waals surface area contributed by atoms with Crippen LogP contribution in [0.5, 0.6) is 0 Å². The molecule has 2 atom stereocenters. The molecular formula is C23H25ClN6O2. The lowest BCUT2D eigenvalue weighted by molar-refractivity contribution is -0.119. The number of rotatable bonds is 8. The first kappa shape index (κ1) is 22.0. The number of aromatic nitrogens is 4. The molecule has 1 heterocycles. The molecule has 1 fully saturated rings. The van der Waals surface area contributed by atoms with Crippen molar-refractivity contribution in [2.24, 2.45) is 5.92 Å². The third-order valence-corrected chi connectivity index (χ3v) is 5.91. The molecule has 1 saturated carbocycles. The lowest BCUT2D eigenvalue weighted by Gasteiger charge is -2.23. The van der Waals surface area contributed by atoms with Gasteiger partial charge in [0.15, 0.2) is 5.82 Å². The number of halogens is 1. The van der Waals surface area contributed by atoms with Crippen LogP contribution < -0.4 is 10.6 Å². The Morgan fingerprint density at radius 1 is 1.19 bits per heavy atom. The minimum atomic E-state index is -0.691. The maximum absolute atomic E-state index is 13.1. The Bertz CT molecular complexity index is 1110. The van der Waals surface area contributed by atoms with Crippen LogP contribution in [-0.4, -0.2) is 38.1 Å². The second kappa shape index (κ2) is 9.48. The monoisotopic (exact) mass is 452 g/mol. The molecule has 2 N–H and O–H groups in total. The van der Waals surface area contributed by atoms with E-state index in [-0.39, 0.29) is 17.7 Å². The second-order valence-corrected chi connectivity index (χ2v) is 8.53. The normalized spacial score (nSPS) is 15.1. The number of carbonyl (C=O) groups is 2. The number of hydrogen-bond acceptors (Lipinski definition) is 5. The van der Waals surface area contributed by atoms with Gasteiger partial charge in [-0.05, 0) is 65.6 Å². The van der Waals surface area contributed by atoms with E-state index in [4.69, 9.17) is 11.6 Å². The molecule has 0 spiro atoms. The summed E-state index contributed by atoms with van der Waals surface area (Å²) in [5.74, 6) is 0.0230. The summed E-state index contributed by atoms with van der Waals surface area (Å²) >= 11 is 5.91. The molecule has 0 saturated heterocycles. The van der Waals surface area contributed by atoms with Gasteiger partial charge in [-0.15, -0.1) is 5.10 Å². The van der Waals surface area contributed by atoms with Gasteiger partial charge in [0.25, 0.3) is 5.91 Å². The topological polar surface area (TPSA) is 102 Å². The molecule has 32 heavy (non-hydrogen) atoms. The molecule has 1 aliphatic rings. The largest absolute Gasteiger partial charge is 0.340 e. The van der Waals surface area contributed by atoms with E-state index in [1.54, 1.807) is 30.3 Å². The molecule has 3 aromatic rings. The van der Waals surface area contributed by atoms with Gasteiger partial charge in [0.1, 0.15) is 6.04 Å². The van der Waals surface area contributed by atoms with Crippen LogP contribution in [0.2, 0.25) is 5.02 Å². The summed E-state index contributed by atoms with van der Waals surface area (Å²) in [6.45, 7) is 3.92. The van der Waals surface area contributed by atoms with Crippen molar-refractivity contribution in [3.63, 3.8) is 0 Å². The van der Waals surface area contributed by atoms with E-state index in [0.29, 0.717) is 28.1 Å². The third kappa shape index (κ3) is 4.96. The highest BCUT2D eigenvalue weighted by Gasteiger charge is 2.29. The first-order valence-electron chi connectivity index (χ1n) is 10.7. The molecule has 4 rings (SSSR count). The molecule has 166 valence electrons. The van der Waals surface area contributed by atoms with E-state index >= 15 is 0 Å². The molecule has 0 bridgehead atoms. The fourth-order valence-corrected chi connectivity index (χ4v) is 3.56. The number of nitrogens with zero attached hydrogens (tertiary/aromatic N) is 4. The summed E-state index contributed by atoms with van der Waals surface area (Å²) in [6, 6.07) is 13.6. The Balaban J connectivity index is 1.50. The number of anilines is 1. The van der Waals surface area contributed by atoms with E-state index in [1.807, 2.05) is 36.7 Å². The molecule has 2 aromatic carbocycles. The minimum absolute atomic E-state index is 0.0587. The number of carbonyl (C=O) groups excluding carboxylic acids is 2. The Morgan fingerprint density at radius 3 is 2.62 bits per heavy atom. The summed E-state index contributed by atoms with van der Waals surface area (Å²) < 4.78 is 1.83. The predicted octanol–water partition coefficient (Wildman–Crippen LogP) is 4.11. The van der Waals surface area contributed by atoms with Crippen LogP contribution >= 0.6 is 11.6 Å². The number of hydrogen-bond donors (Lipinski definition) is 2. The summed E-state index contributed by atoms with van der Waals surface area (Å²) in [7, 11) is 0. The van der Waals surface area contributed by atoms with Gasteiger partial charge in [-0.1, -0.05) is 44.0 Å². The summed E-state index contributed by atoms with van der Waals surface area (Å²) in [6.07, 6.45) is 2.87. The Kier molecular flexibility index (Phi) is 6.50. The zero-order chi connectivity index (χ0) is 22.7. The van der Waals surface area contributed by atoms with Crippen molar-refractivity contribution in [2.45, 2.75) is 45.2 Å². The first-order chi connectivity index (χ1) is 15.5. The van der Waals surface area contributed by atoms with Crippen molar-refractivity contribution in [1.82, 2.24) is 25.5 Å². The lowest BCUT2D eigenvalue weighted by Crippen LogP contribution is -2.47. The van der Waals surface area contributed by atoms with Crippen LogP contribution in [0.4, 0.5) is 5.69 Å². The second-order valence-electron chi connectivity index (χ2n) is 8.09. The van der Waals surface area contributed by atoms with Crippen LogP contribution in [0.1, 0.15) is 49.5 Å². The smallest absolute Gasteiger partial charge is 0.251 e. The van der Waals surface area contributed by atoms with Gasteiger partial charge in [-0.2, -0.15) is 0 Å². The van der Waals surface area contributed by atoms with Crippen molar-refractivity contribution in [2.75, 3.05) is 5.32 Å². The molecule has 0 radical (unpaired) electrons. The van der Waals surface area contributed by atoms with Crippen molar-refractivity contribution in [3.05, 3.63) is 59.1 Å². The number of nitrogens with one attached hydrogen (secondary N) is 2. The van der Waals surface area contributed by atoms with E-state index < -0.39 is 6.04 Å². The Hall–Kier alpha value is -3.26. The molecular weight excluding hydrogens is 428 g/mol. The van der Waals surface area contributed by atoms with E-state index in [9.17, 15) is 9.59 Å². The zero-order valence-electron chi connectivity index (χ0n) is 18.0. The van der Waals surface area contributed by atoms with Crippen LogP contribution in [-0.2, 0) is 4.79 Å². The summed E-state index contributed by atoms with van der Waals surface area (Å²) in [4.78, 5) is 25.8. The highest BCUT2D eigenvalue weighted by Crippen LogP contribution is 2.36. The van der Waals surface area contributed by atoms with Gasteiger partial charge >= 0.3 is 0 Å². The first-order valence-corrected chi connectivity index (χ1v) is 11.1. The molecule has 1 aromatic heterocycles. The van der Waals surface area contributed by atoms with Gasteiger partial charge in [-0.3, -0.25) is 9.59 Å². The van der Waals surface area contributed by atoms with Crippen LogP contribution in [0.3, 0.4) is 0 Å². The van der Waals surface area contributed by atoms with Gasteiger partial charge in [-0.25, -0.2) is 4.68 Å². The molecule has 2 amide bonds. The van der Waals surface area contributed by atoms with Crippen molar-refractivity contribution in [3.8, 4) is 11.4 Å². The average molecular weight is 453 g/mol. The number of tetrazole rings is 1. The van der Waals surface area contributed by atoms with Crippen molar-refractivity contribution >= 4 is 29.1 Å². The van der Waals surface area contributed by atoms with Gasteiger partial charge in [0, 0.05) is 21.8 Å². The standard InChI is InChI=1S/C23H25ClN6O2/c1-3-14(2)20(26-22(31)15-7-9-17(24)10-8-15)23(32)25-18-6-4-5-16(13-18)21-27-28-29-30(21)19-11-12-19/h4-10,13-14,19-20H,3,11-12H2,1-2H3,(H,25,32)(H,26,31). The molecule has 0 aliphatic heterocycles. The maximum atomic E-state index is 13.1. The Labute approximate surface area is 191 Å². The maximum Gasteiger partial charge on any atom is 0.251 e. The zero-order valence-corrected chi connectivity index (χ0v) is 18.7. The lowest BCUT2D eigenvalue weighted by atomic mass is 9.97. The van der Waals surface area contributed by atoms with E-state index in [0.717, 1.165) is 24.8 Å². The van der Waals surface area contributed by atoms with Crippen LogP contribution in [0.25, 0.3) is 11.4 Å². The van der Waals surface area contributed by atoms with Gasteiger partial charge in [0.2, 0.25) is 5.91 Å². The highest BCUT2D eigenvalue weighted by atomic mass is 35.5. The Morgan fingerprint density at radius 2 is 1.94 bits per heavy atom. The quantitative estimate of drug-likeness (QED) is 0.535. The SMILES string of the molecule is CCC(C)C(NC(=O)c1ccc(Cl)cc1)C(=O)Nc1cccc(-c2nnnn2C2CC2)c1. The van der Waals surface area contributed by atoms with Crippen LogP contribution in [0.15, 0.2) is 48.5 Å².